The molecule has 0 saturated heterocycles. The highest BCUT2D eigenvalue weighted by molar-refractivity contribution is 5.36. The molecule has 1 rings (SSSR count). The van der Waals surface area contributed by atoms with E-state index >= 15 is 0 Å². The number of nitriles is 1. The van der Waals surface area contributed by atoms with Crippen molar-refractivity contribution in [1.82, 2.24) is 5.32 Å². The van der Waals surface area contributed by atoms with Crippen molar-refractivity contribution < 1.29 is 9.66 Å². The number of nitro benzene ring substituents is 1. The van der Waals surface area contributed by atoms with Gasteiger partial charge < -0.3 is 4.74 Å². The minimum absolute atomic E-state index is 0.0112. The molecular weight excluding hydrogens is 234 g/mol. The van der Waals surface area contributed by atoms with Crippen LogP contribution in [-0.2, 0) is 0 Å². The van der Waals surface area contributed by atoms with Crippen molar-refractivity contribution in [2.45, 2.75) is 19.4 Å². The summed E-state index contributed by atoms with van der Waals surface area (Å²) in [6, 6.07) is 7.90. The fraction of sp³-hybridized carbons (Fsp3) is 0.417. The van der Waals surface area contributed by atoms with Gasteiger partial charge in [0, 0.05) is 12.1 Å². The standard InChI is InChI=1S/C12H15N3O3/c1-3-14-12(2,8-13)9-18-11-6-4-10(5-7-11)15(16)17/h4-7,14H,3,9H2,1-2H3. The maximum Gasteiger partial charge on any atom is 0.269 e. The fourth-order valence-electron chi connectivity index (χ4n) is 1.40. The predicted octanol–water partition coefficient (Wildman–Crippen LogP) is 1.87. The summed E-state index contributed by atoms with van der Waals surface area (Å²) in [7, 11) is 0. The molecule has 0 bridgehead atoms. The summed E-state index contributed by atoms with van der Waals surface area (Å²) >= 11 is 0. The van der Waals surface area contributed by atoms with E-state index < -0.39 is 10.5 Å². The van der Waals surface area contributed by atoms with E-state index in [0.717, 1.165) is 0 Å². The van der Waals surface area contributed by atoms with E-state index in [1.165, 1.54) is 24.3 Å². The van der Waals surface area contributed by atoms with Crippen LogP contribution in [0.25, 0.3) is 0 Å². The molecule has 0 fully saturated rings. The minimum atomic E-state index is -0.767. The highest BCUT2D eigenvalue weighted by Crippen LogP contribution is 2.18. The van der Waals surface area contributed by atoms with Crippen molar-refractivity contribution >= 4 is 5.69 Å². The Labute approximate surface area is 105 Å². The number of hydrogen-bond acceptors (Lipinski definition) is 5. The molecule has 0 saturated carbocycles. The van der Waals surface area contributed by atoms with E-state index in [-0.39, 0.29) is 12.3 Å². The van der Waals surface area contributed by atoms with Gasteiger partial charge in [-0.05, 0) is 25.6 Å². The van der Waals surface area contributed by atoms with Gasteiger partial charge in [-0.2, -0.15) is 5.26 Å². The zero-order chi connectivity index (χ0) is 13.6. The largest absolute Gasteiger partial charge is 0.491 e. The van der Waals surface area contributed by atoms with Crippen LogP contribution in [0.2, 0.25) is 0 Å². The Hall–Kier alpha value is -2.13. The van der Waals surface area contributed by atoms with E-state index in [1.54, 1.807) is 6.92 Å². The monoisotopic (exact) mass is 249 g/mol. The van der Waals surface area contributed by atoms with Gasteiger partial charge in [0.05, 0.1) is 11.0 Å². The average Bonchev–Trinajstić information content (AvgIpc) is 2.37. The Morgan fingerprint density at radius 2 is 2.11 bits per heavy atom. The first-order chi connectivity index (χ1) is 8.50. The Balaban J connectivity index is 2.63. The predicted molar refractivity (Wildman–Crippen MR) is 66.3 cm³/mol. The Morgan fingerprint density at radius 1 is 1.50 bits per heavy atom. The SMILES string of the molecule is CCNC(C)(C#N)COc1ccc([N+](=O)[O-])cc1. The van der Waals surface area contributed by atoms with E-state index in [1.807, 2.05) is 6.92 Å². The highest BCUT2D eigenvalue weighted by Gasteiger charge is 2.23. The van der Waals surface area contributed by atoms with Crippen LogP contribution in [0.3, 0.4) is 0 Å². The van der Waals surface area contributed by atoms with Gasteiger partial charge in [-0.3, -0.25) is 15.4 Å². The number of likely N-dealkylation sites (N-methyl/N-ethyl adjacent to an activating group) is 1. The molecule has 0 aliphatic heterocycles. The molecule has 0 aromatic heterocycles. The van der Waals surface area contributed by atoms with Gasteiger partial charge in [0.25, 0.3) is 5.69 Å². The summed E-state index contributed by atoms with van der Waals surface area (Å²) < 4.78 is 5.44. The number of non-ortho nitro benzene ring substituents is 1. The Morgan fingerprint density at radius 3 is 2.56 bits per heavy atom. The molecule has 1 atom stereocenters. The van der Waals surface area contributed by atoms with Crippen molar-refractivity contribution in [2.24, 2.45) is 0 Å². The van der Waals surface area contributed by atoms with Crippen molar-refractivity contribution in [2.75, 3.05) is 13.2 Å². The first-order valence-corrected chi connectivity index (χ1v) is 5.54. The second-order valence-electron chi connectivity index (χ2n) is 4.01. The van der Waals surface area contributed by atoms with Crippen LogP contribution in [-0.4, -0.2) is 23.6 Å². The van der Waals surface area contributed by atoms with Gasteiger partial charge >= 0.3 is 0 Å². The first-order valence-electron chi connectivity index (χ1n) is 5.54. The van der Waals surface area contributed by atoms with Gasteiger partial charge in [-0.25, -0.2) is 0 Å². The normalized spacial score (nSPS) is 13.4. The lowest BCUT2D eigenvalue weighted by atomic mass is 10.1. The molecule has 0 amide bonds. The lowest BCUT2D eigenvalue weighted by Gasteiger charge is -2.22. The molecule has 1 aromatic rings. The molecule has 1 unspecified atom stereocenters. The third-order valence-corrected chi connectivity index (χ3v) is 2.39. The van der Waals surface area contributed by atoms with Crippen molar-refractivity contribution in [3.63, 3.8) is 0 Å². The second-order valence-corrected chi connectivity index (χ2v) is 4.01. The first kappa shape index (κ1) is 13.9. The lowest BCUT2D eigenvalue weighted by molar-refractivity contribution is -0.384. The van der Waals surface area contributed by atoms with Gasteiger partial charge in [-0.15, -0.1) is 0 Å². The number of rotatable bonds is 6. The van der Waals surface area contributed by atoms with Gasteiger partial charge in [0.15, 0.2) is 0 Å². The van der Waals surface area contributed by atoms with Crippen molar-refractivity contribution in [3.8, 4) is 11.8 Å². The molecule has 0 aliphatic carbocycles. The topological polar surface area (TPSA) is 88.2 Å². The van der Waals surface area contributed by atoms with Crippen LogP contribution >= 0.6 is 0 Å². The Kier molecular flexibility index (Phi) is 4.63. The van der Waals surface area contributed by atoms with Gasteiger partial charge in [0.2, 0.25) is 0 Å². The molecule has 0 spiro atoms. The number of nitrogens with zero attached hydrogens (tertiary/aromatic N) is 2. The quantitative estimate of drug-likeness (QED) is 0.614. The number of nitro groups is 1. The molecule has 1 aromatic carbocycles. The molecule has 0 aliphatic rings. The highest BCUT2D eigenvalue weighted by atomic mass is 16.6. The minimum Gasteiger partial charge on any atom is -0.491 e. The Bertz CT molecular complexity index is 453. The van der Waals surface area contributed by atoms with Crippen molar-refractivity contribution in [1.29, 1.82) is 5.26 Å². The molecule has 0 radical (unpaired) electrons. The number of nitrogens with one attached hydrogen (secondary N) is 1. The van der Waals surface area contributed by atoms with Crippen LogP contribution in [0.1, 0.15) is 13.8 Å². The summed E-state index contributed by atoms with van der Waals surface area (Å²) in [5.74, 6) is 0.500. The molecular formula is C12H15N3O3. The fourth-order valence-corrected chi connectivity index (χ4v) is 1.40. The summed E-state index contributed by atoms with van der Waals surface area (Å²) in [5.41, 5.74) is -0.756. The molecule has 18 heavy (non-hydrogen) atoms. The summed E-state index contributed by atoms with van der Waals surface area (Å²) in [4.78, 5) is 10.0. The van der Waals surface area contributed by atoms with Crippen LogP contribution in [0, 0.1) is 21.4 Å². The van der Waals surface area contributed by atoms with E-state index in [4.69, 9.17) is 10.00 Å². The lowest BCUT2D eigenvalue weighted by Crippen LogP contribution is -2.46. The van der Waals surface area contributed by atoms with Gasteiger partial charge in [0.1, 0.15) is 17.9 Å². The average molecular weight is 249 g/mol. The third kappa shape index (κ3) is 3.71. The smallest absolute Gasteiger partial charge is 0.269 e. The summed E-state index contributed by atoms with van der Waals surface area (Å²) in [5, 5.41) is 22.5. The summed E-state index contributed by atoms with van der Waals surface area (Å²) in [6.45, 7) is 4.48. The zero-order valence-electron chi connectivity index (χ0n) is 10.3. The van der Waals surface area contributed by atoms with Crippen LogP contribution in [0.4, 0.5) is 5.69 Å². The summed E-state index contributed by atoms with van der Waals surface area (Å²) in [6.07, 6.45) is 0. The van der Waals surface area contributed by atoms with Gasteiger partial charge in [-0.1, -0.05) is 6.92 Å². The van der Waals surface area contributed by atoms with E-state index in [9.17, 15) is 10.1 Å². The number of benzene rings is 1. The van der Waals surface area contributed by atoms with Crippen LogP contribution in [0.15, 0.2) is 24.3 Å². The second kappa shape index (κ2) is 5.98. The molecule has 6 heteroatoms. The van der Waals surface area contributed by atoms with E-state index in [2.05, 4.69) is 11.4 Å². The molecule has 0 heterocycles. The van der Waals surface area contributed by atoms with Crippen LogP contribution in [0.5, 0.6) is 5.75 Å². The van der Waals surface area contributed by atoms with E-state index in [0.29, 0.717) is 12.3 Å². The maximum absolute atomic E-state index is 10.5. The molecule has 6 nitrogen and oxygen atoms in total. The maximum atomic E-state index is 10.5. The number of ether oxygens (including phenoxy) is 1. The number of hydrogen-bond donors (Lipinski definition) is 1. The zero-order valence-corrected chi connectivity index (χ0v) is 10.3. The van der Waals surface area contributed by atoms with Crippen LogP contribution < -0.4 is 10.1 Å². The third-order valence-electron chi connectivity index (χ3n) is 2.39. The van der Waals surface area contributed by atoms with Crippen molar-refractivity contribution in [3.05, 3.63) is 34.4 Å². The molecule has 96 valence electrons. The molecule has 1 N–H and O–H groups in total.